The van der Waals surface area contributed by atoms with E-state index in [2.05, 4.69) is 6.92 Å². The number of rotatable bonds is 30. The van der Waals surface area contributed by atoms with Gasteiger partial charge in [-0.3, -0.25) is 0 Å². The lowest BCUT2D eigenvalue weighted by atomic mass is 9.76. The Kier molecular flexibility index (Phi) is 23.8. The van der Waals surface area contributed by atoms with Crippen LogP contribution in [0.25, 0.3) is 0 Å². The molecule has 0 fully saturated rings. The van der Waals surface area contributed by atoms with Crippen molar-refractivity contribution in [1.29, 1.82) is 0 Å². The highest BCUT2D eigenvalue weighted by atomic mass is 28.4. The highest BCUT2D eigenvalue weighted by Crippen LogP contribution is 2.37. The van der Waals surface area contributed by atoms with E-state index >= 15 is 0 Å². The second kappa shape index (κ2) is 23.6. The summed E-state index contributed by atoms with van der Waals surface area (Å²) >= 11 is 0. The molecule has 0 heterocycles. The van der Waals surface area contributed by atoms with Crippen molar-refractivity contribution in [2.45, 2.75) is 121 Å². The smallest absolute Gasteiger partial charge is 0.377 e. The summed E-state index contributed by atoms with van der Waals surface area (Å²) in [6.45, 7) is 2.52. The lowest BCUT2D eigenvalue weighted by Crippen LogP contribution is -2.42. The van der Waals surface area contributed by atoms with Gasteiger partial charge in [0.2, 0.25) is 0 Å². The number of unbranched alkanes of at least 4 members (excludes halogenated alkanes) is 9. The Bertz CT molecular complexity index is 500. The average Bonchev–Trinajstić information content (AvgIpc) is 3.01. The van der Waals surface area contributed by atoms with Crippen LogP contribution in [0.3, 0.4) is 0 Å². The summed E-state index contributed by atoms with van der Waals surface area (Å²) in [5.41, 5.74) is 0.387. The third kappa shape index (κ3) is 16.3. The molecule has 0 aromatic heterocycles. The van der Waals surface area contributed by atoms with Gasteiger partial charge in [-0.2, -0.15) is 0 Å². The van der Waals surface area contributed by atoms with Crippen molar-refractivity contribution in [2.24, 2.45) is 5.41 Å². The zero-order valence-corrected chi connectivity index (χ0v) is 31.4. The lowest BCUT2D eigenvalue weighted by Gasteiger charge is -2.30. The first kappa shape index (κ1) is 41.3. The molecule has 0 saturated carbocycles. The van der Waals surface area contributed by atoms with Crippen LogP contribution in [0, 0.1) is 5.41 Å². The molecule has 248 valence electrons. The molecule has 0 bridgehead atoms. The third-order valence-corrected chi connectivity index (χ3v) is 17.3. The van der Waals surface area contributed by atoms with Crippen LogP contribution in [0.1, 0.15) is 103 Å². The van der Waals surface area contributed by atoms with E-state index in [4.69, 9.17) is 39.8 Å². The highest BCUT2D eigenvalue weighted by Gasteiger charge is 2.38. The SMILES string of the molecule is CO[Si](CCCCCCC(C)(CCCCCC[Si](OC)(OC)OC)CCCCCC[Si](OC)(OC)OC)(OC)OC. The molecule has 9 nitrogen and oxygen atoms in total. The van der Waals surface area contributed by atoms with Crippen molar-refractivity contribution in [1.82, 2.24) is 0 Å². The highest BCUT2D eigenvalue weighted by molar-refractivity contribution is 6.61. The van der Waals surface area contributed by atoms with Crippen LogP contribution in [0.15, 0.2) is 0 Å². The Morgan fingerprint density at radius 2 is 0.512 bits per heavy atom. The fourth-order valence-corrected chi connectivity index (χ4v) is 11.2. The van der Waals surface area contributed by atoms with Gasteiger partial charge in [-0.1, -0.05) is 64.7 Å². The van der Waals surface area contributed by atoms with Gasteiger partial charge in [0.05, 0.1) is 0 Å². The van der Waals surface area contributed by atoms with E-state index in [9.17, 15) is 0 Å². The van der Waals surface area contributed by atoms with Gasteiger partial charge in [0.25, 0.3) is 0 Å². The van der Waals surface area contributed by atoms with E-state index in [0.717, 1.165) is 37.4 Å². The summed E-state index contributed by atoms with van der Waals surface area (Å²) in [4.78, 5) is 0. The third-order valence-electron chi connectivity index (χ3n) is 8.84. The van der Waals surface area contributed by atoms with Gasteiger partial charge in [0.15, 0.2) is 0 Å². The van der Waals surface area contributed by atoms with Crippen LogP contribution in [-0.4, -0.2) is 90.4 Å². The Morgan fingerprint density at radius 1 is 0.317 bits per heavy atom. The fourth-order valence-electron chi connectivity index (χ4n) is 5.78. The van der Waals surface area contributed by atoms with E-state index < -0.39 is 26.4 Å². The van der Waals surface area contributed by atoms with Crippen LogP contribution in [0.2, 0.25) is 18.1 Å². The molecule has 0 aliphatic rings. The molecule has 0 saturated heterocycles. The van der Waals surface area contributed by atoms with Crippen LogP contribution < -0.4 is 0 Å². The van der Waals surface area contributed by atoms with Gasteiger partial charge in [0.1, 0.15) is 0 Å². The average molecular weight is 643 g/mol. The zero-order chi connectivity index (χ0) is 31.1. The Hall–Kier alpha value is 0.291. The zero-order valence-electron chi connectivity index (χ0n) is 28.4. The molecular formula is C29H66O9Si3. The van der Waals surface area contributed by atoms with Crippen LogP contribution >= 0.6 is 0 Å². The molecule has 12 heteroatoms. The normalized spacial score (nSPS) is 13.3. The van der Waals surface area contributed by atoms with Gasteiger partial charge in [-0.05, 0) is 43.9 Å². The maximum absolute atomic E-state index is 5.57. The first-order chi connectivity index (χ1) is 19.7. The predicted molar refractivity (Wildman–Crippen MR) is 172 cm³/mol. The van der Waals surface area contributed by atoms with Gasteiger partial charge in [-0.15, -0.1) is 0 Å². The summed E-state index contributed by atoms with van der Waals surface area (Å²) < 4.78 is 50.2. The molecule has 0 spiro atoms. The van der Waals surface area contributed by atoms with Crippen LogP contribution in [0.4, 0.5) is 0 Å². The Balaban J connectivity index is 4.69. The van der Waals surface area contributed by atoms with Gasteiger partial charge >= 0.3 is 26.4 Å². The quantitative estimate of drug-likeness (QED) is 0.0585. The van der Waals surface area contributed by atoms with Gasteiger partial charge in [0, 0.05) is 82.1 Å². The molecule has 0 radical (unpaired) electrons. The van der Waals surface area contributed by atoms with E-state index in [1.54, 1.807) is 64.0 Å². The molecule has 0 atom stereocenters. The van der Waals surface area contributed by atoms with Crippen LogP contribution in [-0.2, 0) is 39.8 Å². The van der Waals surface area contributed by atoms with E-state index in [-0.39, 0.29) is 0 Å². The maximum Gasteiger partial charge on any atom is 0.500 e. The van der Waals surface area contributed by atoms with Crippen molar-refractivity contribution in [3.63, 3.8) is 0 Å². The summed E-state index contributed by atoms with van der Waals surface area (Å²) in [5.74, 6) is 0. The first-order valence-corrected chi connectivity index (χ1v) is 21.4. The second-order valence-corrected chi connectivity index (χ2v) is 20.7. The second-order valence-electron chi connectivity index (χ2n) is 11.4. The fraction of sp³-hybridized carbons (Fsp3) is 1.00. The van der Waals surface area contributed by atoms with Gasteiger partial charge in [-0.25, -0.2) is 0 Å². The maximum atomic E-state index is 5.57. The number of hydrogen-bond donors (Lipinski definition) is 0. The van der Waals surface area contributed by atoms with E-state index in [0.29, 0.717) is 5.41 Å². The van der Waals surface area contributed by atoms with Crippen molar-refractivity contribution in [3.05, 3.63) is 0 Å². The minimum Gasteiger partial charge on any atom is -0.377 e. The molecule has 0 amide bonds. The Labute approximate surface area is 256 Å². The lowest BCUT2D eigenvalue weighted by molar-refractivity contribution is 0.122. The van der Waals surface area contributed by atoms with E-state index in [1.807, 2.05) is 0 Å². The molecular weight excluding hydrogens is 577 g/mol. The minimum absolute atomic E-state index is 0.387. The molecule has 0 N–H and O–H groups in total. The van der Waals surface area contributed by atoms with E-state index in [1.165, 1.54) is 77.0 Å². The summed E-state index contributed by atoms with van der Waals surface area (Å²) in [6, 6.07) is 2.64. The molecule has 0 aliphatic carbocycles. The number of hydrogen-bond acceptors (Lipinski definition) is 9. The summed E-state index contributed by atoms with van der Waals surface area (Å²) in [5, 5.41) is 0. The molecule has 0 unspecified atom stereocenters. The molecule has 0 rings (SSSR count). The van der Waals surface area contributed by atoms with Crippen molar-refractivity contribution in [2.75, 3.05) is 64.0 Å². The largest absolute Gasteiger partial charge is 0.500 e. The summed E-state index contributed by atoms with van der Waals surface area (Å²) in [6.07, 6.45) is 18.2. The van der Waals surface area contributed by atoms with Crippen molar-refractivity contribution >= 4 is 26.4 Å². The summed E-state index contributed by atoms with van der Waals surface area (Å²) in [7, 11) is 7.90. The topological polar surface area (TPSA) is 83.1 Å². The molecule has 0 aromatic rings. The van der Waals surface area contributed by atoms with Crippen molar-refractivity contribution in [3.8, 4) is 0 Å². The monoisotopic (exact) mass is 642 g/mol. The standard InChI is InChI=1S/C29H66O9Si3/c1-29(23-17-11-14-20-26-39(30-2,31-3)32-4,24-18-12-15-21-27-40(33-5,34-6)35-7)25-19-13-16-22-28-41(36-8,37-9)38-10/h11-28H2,1-10H3. The molecule has 0 aromatic carbocycles. The minimum atomic E-state index is -2.45. The van der Waals surface area contributed by atoms with Gasteiger partial charge < -0.3 is 39.8 Å². The van der Waals surface area contributed by atoms with Crippen molar-refractivity contribution < 1.29 is 39.8 Å². The Morgan fingerprint density at radius 3 is 0.707 bits per heavy atom. The van der Waals surface area contributed by atoms with Crippen LogP contribution in [0.5, 0.6) is 0 Å². The predicted octanol–water partition coefficient (Wildman–Crippen LogP) is 7.48. The first-order valence-electron chi connectivity index (χ1n) is 15.6. The molecule has 41 heavy (non-hydrogen) atoms. The molecule has 0 aliphatic heterocycles.